The number of thiazole rings is 1. The predicted octanol–water partition coefficient (Wildman–Crippen LogP) is 12.1. The van der Waals surface area contributed by atoms with Crippen LogP contribution in [0.25, 0.3) is 30.9 Å². The summed E-state index contributed by atoms with van der Waals surface area (Å²) in [4.78, 5) is 55.0. The Morgan fingerprint density at radius 3 is 1.85 bits per heavy atom. The first kappa shape index (κ1) is 58.4. The zero-order valence-electron chi connectivity index (χ0n) is 40.5. The first-order valence-electron chi connectivity index (χ1n) is 22.4. The number of amides is 3. The van der Waals surface area contributed by atoms with Crippen molar-refractivity contribution >= 4 is 177 Å². The molecule has 0 unspecified atom stereocenters. The van der Waals surface area contributed by atoms with E-state index in [0.29, 0.717) is 40.4 Å². The second-order valence-corrected chi connectivity index (χ2v) is 23.7. The summed E-state index contributed by atoms with van der Waals surface area (Å²) in [5.41, 5.74) is 6.24. The number of ether oxygens (including phenoxy) is 1. The van der Waals surface area contributed by atoms with Gasteiger partial charge in [-0.2, -0.15) is 0 Å². The van der Waals surface area contributed by atoms with Crippen LogP contribution in [0.1, 0.15) is 67.0 Å². The van der Waals surface area contributed by atoms with Crippen molar-refractivity contribution in [3.05, 3.63) is 162 Å². The Morgan fingerprint density at radius 1 is 0.694 bits per heavy atom. The highest BCUT2D eigenvalue weighted by molar-refractivity contribution is 9.10. The maximum Gasteiger partial charge on any atom is 0.269 e. The van der Waals surface area contributed by atoms with Crippen LogP contribution in [-0.4, -0.2) is 82.3 Å². The molecule has 0 spiro atoms. The number of phenols is 1. The second-order valence-electron chi connectivity index (χ2n) is 15.8. The van der Waals surface area contributed by atoms with Crippen LogP contribution in [0.2, 0.25) is 0 Å². The molecule has 4 heterocycles. The summed E-state index contributed by atoms with van der Waals surface area (Å²) in [6, 6.07) is 26.5. The Hall–Kier alpha value is -4.44. The van der Waals surface area contributed by atoms with E-state index in [1.165, 1.54) is 57.1 Å². The van der Waals surface area contributed by atoms with Gasteiger partial charge in [0.25, 0.3) is 23.3 Å². The summed E-state index contributed by atoms with van der Waals surface area (Å²) in [6.45, 7) is 15.9. The molecule has 8 rings (SSSR count). The summed E-state index contributed by atoms with van der Waals surface area (Å²) in [6.07, 6.45) is 9.53. The molecule has 10 nitrogen and oxygen atoms in total. The fraction of sp³-hybridized carbons (Fsp3) is 0.226. The quantitative estimate of drug-likeness (QED) is 0.106. The summed E-state index contributed by atoms with van der Waals surface area (Å²) < 4.78 is 12.0. The van der Waals surface area contributed by atoms with Crippen LogP contribution in [0, 0.1) is 13.8 Å². The zero-order chi connectivity index (χ0) is 52.8. The summed E-state index contributed by atoms with van der Waals surface area (Å²) in [5.74, 6) is 0.973. The van der Waals surface area contributed by atoms with Gasteiger partial charge in [-0.25, -0.2) is 0 Å². The fourth-order valence-corrected chi connectivity index (χ4v) is 12.4. The number of hydrogen-bond acceptors (Lipinski definition) is 13. The van der Waals surface area contributed by atoms with Gasteiger partial charge in [0.2, 0.25) is 0 Å². The molecule has 3 saturated heterocycles. The molecule has 3 aliphatic rings. The number of unbranched alkanes of at least 4 members (excludes halogenated alkanes) is 1. The summed E-state index contributed by atoms with van der Waals surface area (Å²) in [5, 5.41) is 9.18. The number of rotatable bonds is 10. The van der Waals surface area contributed by atoms with E-state index >= 15 is 0 Å². The second kappa shape index (κ2) is 27.7. The third kappa shape index (κ3) is 15.8. The number of benzene rings is 4. The number of aromatic hydroxyl groups is 1. The van der Waals surface area contributed by atoms with Gasteiger partial charge in [0.1, 0.15) is 24.5 Å². The number of aromatic nitrogens is 1. The molecular formula is C53H52Br2N4O6S7. The molecule has 5 aromatic rings. The molecule has 0 radical (unpaired) electrons. The van der Waals surface area contributed by atoms with E-state index in [-0.39, 0.29) is 29.0 Å². The van der Waals surface area contributed by atoms with E-state index in [0.717, 1.165) is 71.5 Å². The normalized spacial score (nSPS) is 16.4. The van der Waals surface area contributed by atoms with Gasteiger partial charge >= 0.3 is 0 Å². The fourth-order valence-electron chi connectivity index (χ4n) is 6.68. The number of likely N-dealkylation sites (N-methyl/N-ethyl adjacent to an activating group) is 2. The van der Waals surface area contributed by atoms with Gasteiger partial charge in [-0.1, -0.05) is 162 Å². The molecule has 1 aromatic heterocycles. The van der Waals surface area contributed by atoms with Crippen LogP contribution in [0.4, 0.5) is 0 Å². The third-order valence-corrected chi connectivity index (χ3v) is 16.9. The number of carbonyl (C=O) groups is 3. The van der Waals surface area contributed by atoms with Crippen LogP contribution in [0.15, 0.2) is 113 Å². The van der Waals surface area contributed by atoms with Crippen molar-refractivity contribution in [2.24, 2.45) is 0 Å². The Labute approximate surface area is 470 Å². The van der Waals surface area contributed by atoms with Crippen LogP contribution in [-0.2, 0) is 20.9 Å². The van der Waals surface area contributed by atoms with E-state index in [4.69, 9.17) is 41.4 Å². The number of carbonyl (C=O) groups excluding carboxylic acids is 3. The Balaban J connectivity index is 0.000000178. The van der Waals surface area contributed by atoms with Gasteiger partial charge in [0.15, 0.2) is 0 Å². The summed E-state index contributed by atoms with van der Waals surface area (Å²) in [7, 11) is 3.30. The zero-order valence-corrected chi connectivity index (χ0v) is 49.4. The molecule has 72 heavy (non-hydrogen) atoms. The lowest BCUT2D eigenvalue weighted by molar-refractivity contribution is -0.122. The van der Waals surface area contributed by atoms with Crippen molar-refractivity contribution in [3.63, 3.8) is 0 Å². The molecule has 0 bridgehead atoms. The Kier molecular flexibility index (Phi) is 22.5. The monoisotopic (exact) mass is 1220 g/mol. The van der Waals surface area contributed by atoms with Gasteiger partial charge in [0.05, 0.1) is 35.5 Å². The standard InChI is InChI=1S/C15H17NOS2.C13H12BrNOS2.C13H13NO2S.C12H10BrNO2S2/c1-3-4-8-16-14(17)13(19-15(16)18)10-12-7-5-6-11(2)9-12;1-3-15-12(16)11(18-13(15)17)7-9-6-10(14)5-4-8(9)2;1-3-14-9(2)17-12(13(14)16)8-10-4-6-11(15)7-5-10;1-14-11(15)10(18-12(14)17)6-7-3-4-9(16-2)8(13)5-7/h5-7,9-10H,3-4,8H2,1-2H3;4-7H,3H2,1-2H3;4-8,15H,2-3H2,1H3;3-6H,1-2H3/b13-10+;11-7+;12-8+;10-6-. The molecule has 4 aromatic carbocycles. The molecule has 376 valence electrons. The van der Waals surface area contributed by atoms with Crippen molar-refractivity contribution in [1.29, 1.82) is 0 Å². The maximum atomic E-state index is 12.3. The third-order valence-electron chi connectivity index (χ3n) is 10.6. The molecule has 3 amide bonds. The topological polar surface area (TPSA) is 112 Å². The highest BCUT2D eigenvalue weighted by Gasteiger charge is 2.32. The van der Waals surface area contributed by atoms with Crippen LogP contribution in [0.3, 0.4) is 0 Å². The highest BCUT2D eigenvalue weighted by Crippen LogP contribution is 2.35. The van der Waals surface area contributed by atoms with Gasteiger partial charge in [-0.3, -0.25) is 38.4 Å². The van der Waals surface area contributed by atoms with Crippen molar-refractivity contribution in [1.82, 2.24) is 19.3 Å². The first-order valence-corrected chi connectivity index (χ1v) is 28.4. The molecule has 1 N–H and O–H groups in total. The van der Waals surface area contributed by atoms with E-state index in [2.05, 4.69) is 51.4 Å². The number of hydrogen-bond donors (Lipinski definition) is 1. The number of thioether (sulfide) groups is 3. The van der Waals surface area contributed by atoms with E-state index in [1.807, 2.05) is 107 Å². The van der Waals surface area contributed by atoms with Gasteiger partial charge in [-0.05, 0) is 139 Å². The number of thiocarbonyl (C=S) groups is 3. The number of methoxy groups -OCH3 is 1. The van der Waals surface area contributed by atoms with Crippen molar-refractivity contribution in [2.75, 3.05) is 27.2 Å². The number of halogens is 2. The van der Waals surface area contributed by atoms with E-state index in [9.17, 15) is 24.3 Å². The lowest BCUT2D eigenvalue weighted by Gasteiger charge is -2.12. The predicted molar refractivity (Wildman–Crippen MR) is 323 cm³/mol. The Bertz CT molecular complexity index is 3170. The molecular weight excluding hydrogens is 1170 g/mol. The molecule has 3 fully saturated rings. The lowest BCUT2D eigenvalue weighted by atomic mass is 10.1. The minimum Gasteiger partial charge on any atom is -0.508 e. The lowest BCUT2D eigenvalue weighted by Crippen LogP contribution is -2.30. The largest absolute Gasteiger partial charge is 0.508 e. The average molecular weight is 1230 g/mol. The minimum atomic E-state index is -0.0584. The van der Waals surface area contributed by atoms with Crippen molar-refractivity contribution < 1.29 is 24.2 Å². The number of aryl methyl sites for hydroxylation is 2. The SMILES string of the molecule is C=c1s/c(=C/c2ccc(O)cc2)c(=O)n1CC.CCCCN1C(=O)/C(=C\c2cccc(C)c2)SC1=S.CCN1C(=O)/C(=C\c2cc(Br)ccc2C)SC1=S.COc1ccc(/C=C2\SC(=S)N(C)C2=O)cc1Br. The average Bonchev–Trinajstić information content (AvgIpc) is 3.97. The van der Waals surface area contributed by atoms with Crippen LogP contribution in [0.5, 0.6) is 11.5 Å². The number of phenolic OH excluding ortho intramolecular Hbond substituents is 1. The first-order chi connectivity index (χ1) is 34.3. The number of nitrogens with zero attached hydrogens (tertiary/aromatic N) is 4. The van der Waals surface area contributed by atoms with Gasteiger partial charge < -0.3 is 9.84 Å². The van der Waals surface area contributed by atoms with E-state index in [1.54, 1.807) is 52.8 Å². The Morgan fingerprint density at radius 2 is 1.29 bits per heavy atom. The molecule has 3 aliphatic heterocycles. The molecule has 0 aliphatic carbocycles. The minimum absolute atomic E-state index is 0.00410. The highest BCUT2D eigenvalue weighted by atomic mass is 79.9. The van der Waals surface area contributed by atoms with Crippen molar-refractivity contribution in [2.45, 2.75) is 54.0 Å². The van der Waals surface area contributed by atoms with Crippen molar-refractivity contribution in [3.8, 4) is 11.5 Å². The molecule has 0 saturated carbocycles. The van der Waals surface area contributed by atoms with Crippen LogP contribution >= 0.6 is 115 Å². The van der Waals surface area contributed by atoms with Crippen LogP contribution < -0.4 is 19.5 Å². The molecule has 0 atom stereocenters. The van der Waals surface area contributed by atoms with E-state index < -0.39 is 0 Å². The summed E-state index contributed by atoms with van der Waals surface area (Å²) >= 11 is 27.9. The maximum absolute atomic E-state index is 12.3. The smallest absolute Gasteiger partial charge is 0.269 e. The van der Waals surface area contributed by atoms with Gasteiger partial charge in [0, 0.05) is 31.2 Å². The van der Waals surface area contributed by atoms with Gasteiger partial charge in [-0.15, -0.1) is 11.3 Å². The molecule has 19 heteroatoms.